The Labute approximate surface area is 119 Å². The van der Waals surface area contributed by atoms with Crippen molar-refractivity contribution in [1.82, 2.24) is 4.57 Å². The van der Waals surface area contributed by atoms with Gasteiger partial charge in [-0.25, -0.2) is 4.79 Å². The predicted molar refractivity (Wildman–Crippen MR) is 81.2 cm³/mol. The van der Waals surface area contributed by atoms with Crippen molar-refractivity contribution < 1.29 is 9.90 Å². The van der Waals surface area contributed by atoms with Crippen molar-refractivity contribution in [2.45, 2.75) is 39.7 Å². The summed E-state index contributed by atoms with van der Waals surface area (Å²) in [7, 11) is 0. The van der Waals surface area contributed by atoms with E-state index in [0.29, 0.717) is 12.2 Å². The molecule has 20 heavy (non-hydrogen) atoms. The van der Waals surface area contributed by atoms with E-state index >= 15 is 0 Å². The van der Waals surface area contributed by atoms with Crippen LogP contribution in [0.15, 0.2) is 36.4 Å². The lowest BCUT2D eigenvalue weighted by Gasteiger charge is -2.23. The number of hydrogen-bond donors (Lipinski definition) is 1. The van der Waals surface area contributed by atoms with Gasteiger partial charge < -0.3 is 9.67 Å². The molecule has 0 aliphatic carbocycles. The molecule has 0 fully saturated rings. The van der Waals surface area contributed by atoms with Crippen LogP contribution in [0.4, 0.5) is 0 Å². The highest BCUT2D eigenvalue weighted by atomic mass is 16.4. The van der Waals surface area contributed by atoms with Crippen LogP contribution in [-0.4, -0.2) is 15.6 Å². The molecule has 1 aromatic carbocycles. The fourth-order valence-electron chi connectivity index (χ4n) is 2.59. The van der Waals surface area contributed by atoms with Crippen LogP contribution in [-0.2, 0) is 12.0 Å². The Kier molecular flexibility index (Phi) is 3.71. The van der Waals surface area contributed by atoms with E-state index in [1.54, 1.807) is 6.07 Å². The maximum Gasteiger partial charge on any atom is 0.352 e. The van der Waals surface area contributed by atoms with Gasteiger partial charge in [-0.3, -0.25) is 0 Å². The van der Waals surface area contributed by atoms with E-state index in [0.717, 1.165) is 11.3 Å². The molecule has 1 heterocycles. The minimum absolute atomic E-state index is 0.0167. The van der Waals surface area contributed by atoms with Crippen LogP contribution >= 0.6 is 0 Å². The average molecular weight is 271 g/mol. The zero-order valence-corrected chi connectivity index (χ0v) is 12.5. The van der Waals surface area contributed by atoms with Crippen molar-refractivity contribution in [3.63, 3.8) is 0 Å². The molecule has 106 valence electrons. The first-order valence-corrected chi connectivity index (χ1v) is 6.89. The van der Waals surface area contributed by atoms with Gasteiger partial charge in [0.15, 0.2) is 0 Å². The molecule has 0 spiro atoms. The Hall–Kier alpha value is -2.03. The normalized spacial score (nSPS) is 11.6. The molecule has 0 bridgehead atoms. The van der Waals surface area contributed by atoms with Crippen LogP contribution in [0.3, 0.4) is 0 Å². The van der Waals surface area contributed by atoms with Crippen molar-refractivity contribution in [1.29, 1.82) is 0 Å². The fraction of sp³-hybridized carbons (Fsp3) is 0.353. The summed E-state index contributed by atoms with van der Waals surface area (Å²) in [6.07, 6.45) is 0. The van der Waals surface area contributed by atoms with Crippen molar-refractivity contribution in [3.8, 4) is 11.3 Å². The summed E-state index contributed by atoms with van der Waals surface area (Å²) in [6, 6.07) is 11.8. The van der Waals surface area contributed by atoms with E-state index in [1.807, 2.05) is 29.7 Å². The third-order valence-electron chi connectivity index (χ3n) is 3.53. The van der Waals surface area contributed by atoms with Crippen molar-refractivity contribution in [2.75, 3.05) is 0 Å². The van der Waals surface area contributed by atoms with Crippen molar-refractivity contribution in [2.24, 2.45) is 0 Å². The van der Waals surface area contributed by atoms with Gasteiger partial charge in [0.05, 0.1) is 0 Å². The van der Waals surface area contributed by atoms with Crippen LogP contribution < -0.4 is 0 Å². The molecule has 3 heteroatoms. The molecule has 0 saturated heterocycles. The van der Waals surface area contributed by atoms with Gasteiger partial charge in [0.2, 0.25) is 0 Å². The number of carbonyl (C=O) groups is 1. The fourth-order valence-corrected chi connectivity index (χ4v) is 2.59. The zero-order valence-electron chi connectivity index (χ0n) is 12.5. The van der Waals surface area contributed by atoms with Gasteiger partial charge in [0, 0.05) is 17.8 Å². The first kappa shape index (κ1) is 14.4. The molecule has 0 aliphatic heterocycles. The highest BCUT2D eigenvalue weighted by molar-refractivity contribution is 5.87. The third-order valence-corrected chi connectivity index (χ3v) is 3.53. The SMILES string of the molecule is CCn1c(C(=O)O)ccc1-c1ccccc1C(C)(C)C. The largest absolute Gasteiger partial charge is 0.477 e. The van der Waals surface area contributed by atoms with Crippen LogP contribution in [0.1, 0.15) is 43.7 Å². The number of carboxylic acid groups (broad SMARTS) is 1. The summed E-state index contributed by atoms with van der Waals surface area (Å²) in [5.41, 5.74) is 3.66. The molecular formula is C17H21NO2. The molecule has 2 rings (SSSR count). The maximum atomic E-state index is 11.3. The van der Waals surface area contributed by atoms with Crippen molar-refractivity contribution in [3.05, 3.63) is 47.7 Å². The minimum Gasteiger partial charge on any atom is -0.477 e. The van der Waals surface area contributed by atoms with E-state index in [1.165, 1.54) is 5.56 Å². The van der Waals surface area contributed by atoms with Crippen LogP contribution in [0.5, 0.6) is 0 Å². The lowest BCUT2D eigenvalue weighted by Crippen LogP contribution is -2.14. The van der Waals surface area contributed by atoms with Crippen LogP contribution in [0.2, 0.25) is 0 Å². The first-order valence-electron chi connectivity index (χ1n) is 6.89. The summed E-state index contributed by atoms with van der Waals surface area (Å²) in [6.45, 7) is 9.12. The van der Waals surface area contributed by atoms with E-state index in [4.69, 9.17) is 0 Å². The van der Waals surface area contributed by atoms with E-state index < -0.39 is 5.97 Å². The molecule has 1 aromatic heterocycles. The van der Waals surface area contributed by atoms with Gasteiger partial charge in [0.1, 0.15) is 5.69 Å². The topological polar surface area (TPSA) is 42.2 Å². The Balaban J connectivity index is 2.67. The summed E-state index contributed by atoms with van der Waals surface area (Å²) in [4.78, 5) is 11.3. The lowest BCUT2D eigenvalue weighted by molar-refractivity contribution is 0.0685. The monoisotopic (exact) mass is 271 g/mol. The molecule has 0 unspecified atom stereocenters. The molecule has 2 aromatic rings. The average Bonchev–Trinajstić information content (AvgIpc) is 2.81. The number of hydrogen-bond acceptors (Lipinski definition) is 1. The second kappa shape index (κ2) is 5.16. The lowest BCUT2D eigenvalue weighted by atomic mass is 9.83. The third kappa shape index (κ3) is 2.48. The van der Waals surface area contributed by atoms with Gasteiger partial charge in [-0.15, -0.1) is 0 Å². The Morgan fingerprint density at radius 1 is 1.15 bits per heavy atom. The van der Waals surface area contributed by atoms with E-state index in [-0.39, 0.29) is 5.41 Å². The molecule has 0 amide bonds. The quantitative estimate of drug-likeness (QED) is 0.910. The summed E-state index contributed by atoms with van der Waals surface area (Å²) < 4.78 is 1.85. The summed E-state index contributed by atoms with van der Waals surface area (Å²) in [5, 5.41) is 9.27. The molecular weight excluding hydrogens is 250 g/mol. The Bertz CT molecular complexity index is 633. The molecule has 1 N–H and O–H groups in total. The Morgan fingerprint density at radius 2 is 1.80 bits per heavy atom. The second-order valence-corrected chi connectivity index (χ2v) is 5.95. The van der Waals surface area contributed by atoms with E-state index in [9.17, 15) is 9.90 Å². The number of aromatic carboxylic acids is 1. The van der Waals surface area contributed by atoms with Crippen LogP contribution in [0, 0.1) is 0 Å². The second-order valence-electron chi connectivity index (χ2n) is 5.95. The molecule has 0 atom stereocenters. The summed E-state index contributed by atoms with van der Waals surface area (Å²) >= 11 is 0. The number of rotatable bonds is 3. The molecule has 0 radical (unpaired) electrons. The summed E-state index contributed by atoms with van der Waals surface area (Å²) in [5.74, 6) is -0.883. The zero-order chi connectivity index (χ0) is 14.9. The molecule has 0 aliphatic rings. The van der Waals surface area contributed by atoms with Gasteiger partial charge in [-0.2, -0.15) is 0 Å². The van der Waals surface area contributed by atoms with E-state index in [2.05, 4.69) is 32.9 Å². The maximum absolute atomic E-state index is 11.3. The molecule has 3 nitrogen and oxygen atoms in total. The van der Waals surface area contributed by atoms with Crippen LogP contribution in [0.25, 0.3) is 11.3 Å². The van der Waals surface area contributed by atoms with Gasteiger partial charge in [0.25, 0.3) is 0 Å². The number of benzene rings is 1. The highest BCUT2D eigenvalue weighted by Gasteiger charge is 2.21. The highest BCUT2D eigenvalue weighted by Crippen LogP contribution is 2.33. The number of carboxylic acids is 1. The van der Waals surface area contributed by atoms with Gasteiger partial charge >= 0.3 is 5.97 Å². The minimum atomic E-state index is -0.883. The standard InChI is InChI=1S/C17H21NO2/c1-5-18-14(10-11-15(18)16(19)20)12-8-6-7-9-13(12)17(2,3)4/h6-11H,5H2,1-4H3,(H,19,20). The smallest absolute Gasteiger partial charge is 0.352 e. The predicted octanol–water partition coefficient (Wildman–Crippen LogP) is 4.17. The Morgan fingerprint density at radius 3 is 2.35 bits per heavy atom. The number of nitrogens with zero attached hydrogens (tertiary/aromatic N) is 1. The molecule has 0 saturated carbocycles. The van der Waals surface area contributed by atoms with Gasteiger partial charge in [-0.05, 0) is 30.0 Å². The number of aromatic nitrogens is 1. The van der Waals surface area contributed by atoms with Crippen molar-refractivity contribution >= 4 is 5.97 Å². The first-order chi connectivity index (χ1) is 9.36. The van der Waals surface area contributed by atoms with Gasteiger partial charge in [-0.1, -0.05) is 45.0 Å².